The van der Waals surface area contributed by atoms with Crippen LogP contribution in [0.4, 0.5) is 36.3 Å². The first-order valence-electron chi connectivity index (χ1n) is 11.4. The minimum absolute atomic E-state index is 0.0577. The third kappa shape index (κ3) is 5.82. The number of anilines is 4. The van der Waals surface area contributed by atoms with Crippen molar-refractivity contribution >= 4 is 23.1 Å². The van der Waals surface area contributed by atoms with Crippen molar-refractivity contribution in [2.45, 2.75) is 57.7 Å². The van der Waals surface area contributed by atoms with E-state index in [1.807, 2.05) is 6.07 Å². The number of hydrogen-bond acceptors (Lipinski definition) is 6. The van der Waals surface area contributed by atoms with Crippen LogP contribution in [0.5, 0.6) is 0 Å². The Morgan fingerprint density at radius 2 is 1.97 bits per heavy atom. The lowest BCUT2D eigenvalue weighted by atomic mass is 10.1. The van der Waals surface area contributed by atoms with E-state index in [0.29, 0.717) is 6.04 Å². The number of nitrogens with two attached hydrogens (primary N) is 1. The highest BCUT2D eigenvalue weighted by Gasteiger charge is 2.34. The van der Waals surface area contributed by atoms with Crippen LogP contribution in [0.2, 0.25) is 0 Å². The molecule has 2 heterocycles. The molecule has 0 spiro atoms. The Morgan fingerprint density at radius 1 is 1.16 bits per heavy atom. The molecule has 0 radical (unpaired) electrons. The molecule has 174 valence electrons. The van der Waals surface area contributed by atoms with Gasteiger partial charge >= 0.3 is 6.18 Å². The summed E-state index contributed by atoms with van der Waals surface area (Å²) < 4.78 is 40.6. The molecule has 0 amide bonds. The van der Waals surface area contributed by atoms with Crippen molar-refractivity contribution in [3.05, 3.63) is 35.5 Å². The van der Waals surface area contributed by atoms with Gasteiger partial charge in [0.2, 0.25) is 5.95 Å². The van der Waals surface area contributed by atoms with E-state index in [9.17, 15) is 13.2 Å². The van der Waals surface area contributed by atoms with Crippen molar-refractivity contribution < 1.29 is 13.2 Å². The highest BCUT2D eigenvalue weighted by molar-refractivity contribution is 5.64. The van der Waals surface area contributed by atoms with E-state index in [4.69, 9.17) is 5.73 Å². The summed E-state index contributed by atoms with van der Waals surface area (Å²) in [5, 5.41) is 6.47. The van der Waals surface area contributed by atoms with E-state index in [1.165, 1.54) is 25.0 Å². The van der Waals surface area contributed by atoms with Crippen molar-refractivity contribution in [3.8, 4) is 0 Å². The molecule has 1 saturated heterocycles. The molecular weight excluding hydrogens is 417 g/mol. The van der Waals surface area contributed by atoms with Crippen LogP contribution in [0.25, 0.3) is 0 Å². The largest absolute Gasteiger partial charge is 0.418 e. The fourth-order valence-corrected chi connectivity index (χ4v) is 4.12. The topological polar surface area (TPSA) is 79.1 Å². The highest BCUT2D eigenvalue weighted by Crippen LogP contribution is 2.37. The minimum Gasteiger partial charge on any atom is -0.399 e. The molecule has 32 heavy (non-hydrogen) atoms. The van der Waals surface area contributed by atoms with Gasteiger partial charge in [0.25, 0.3) is 0 Å². The maximum Gasteiger partial charge on any atom is 0.418 e. The van der Waals surface area contributed by atoms with Crippen molar-refractivity contribution in [3.63, 3.8) is 0 Å². The fraction of sp³-hybridized carbons (Fsp3) is 0.565. The van der Waals surface area contributed by atoms with Gasteiger partial charge in [0, 0.05) is 36.6 Å². The predicted octanol–water partition coefficient (Wildman–Crippen LogP) is 4.74. The van der Waals surface area contributed by atoms with Crippen LogP contribution in [-0.2, 0) is 12.6 Å². The first kappa shape index (κ1) is 22.6. The zero-order chi connectivity index (χ0) is 22.7. The Bertz CT molecular complexity index is 928. The average Bonchev–Trinajstić information content (AvgIpc) is 3.58. The number of nitrogen functional groups attached to an aromatic ring is 1. The molecule has 1 aromatic carbocycles. The number of alkyl halides is 3. The molecule has 0 bridgehead atoms. The van der Waals surface area contributed by atoms with Gasteiger partial charge in [-0.2, -0.15) is 18.2 Å². The number of nitrogens with one attached hydrogen (secondary N) is 2. The number of aryl methyl sites for hydroxylation is 1. The summed E-state index contributed by atoms with van der Waals surface area (Å²) in [6.45, 7) is 4.83. The fourth-order valence-electron chi connectivity index (χ4n) is 4.12. The summed E-state index contributed by atoms with van der Waals surface area (Å²) >= 11 is 0. The smallest absolute Gasteiger partial charge is 0.399 e. The van der Waals surface area contributed by atoms with Crippen LogP contribution in [0.3, 0.4) is 0 Å². The average molecular weight is 449 g/mol. The van der Waals surface area contributed by atoms with Gasteiger partial charge in [-0.25, -0.2) is 4.98 Å². The van der Waals surface area contributed by atoms with Gasteiger partial charge in [0.1, 0.15) is 5.82 Å². The van der Waals surface area contributed by atoms with Crippen molar-refractivity contribution in [1.82, 2.24) is 15.3 Å². The second kappa shape index (κ2) is 9.52. The zero-order valence-electron chi connectivity index (χ0n) is 18.4. The molecule has 2 aromatic rings. The number of piperidine rings is 1. The summed E-state index contributed by atoms with van der Waals surface area (Å²) in [5.74, 6) is 1.75. The Labute approximate surface area is 186 Å². The molecule has 0 unspecified atom stereocenters. The third-order valence-corrected chi connectivity index (χ3v) is 6.00. The first-order valence-corrected chi connectivity index (χ1v) is 11.4. The molecule has 6 nitrogen and oxygen atoms in total. The molecule has 9 heteroatoms. The van der Waals surface area contributed by atoms with E-state index >= 15 is 0 Å². The number of rotatable bonds is 8. The maximum atomic E-state index is 13.5. The van der Waals surface area contributed by atoms with Crippen LogP contribution in [0.1, 0.15) is 50.3 Å². The van der Waals surface area contributed by atoms with Gasteiger partial charge in [-0.3, -0.25) is 0 Å². The molecule has 1 saturated carbocycles. The molecule has 2 fully saturated rings. The standard InChI is InChI=1S/C23H31F3N6/c1-2-4-17-12-21(32-10-3-5-18(14-32)28-13-15-6-7-15)31-22(29-17)30-20-9-8-16(27)11-19(20)23(24,25)26/h8-9,11-12,15,18,28H,2-7,10,13-14,27H2,1H3,(H,29,30,31)/t18-/m1/s1. The maximum absolute atomic E-state index is 13.5. The second-order valence-corrected chi connectivity index (χ2v) is 8.86. The van der Waals surface area contributed by atoms with Gasteiger partial charge in [0.15, 0.2) is 0 Å². The molecular formula is C23H31F3N6. The molecule has 4 rings (SSSR count). The SMILES string of the molecule is CCCc1cc(N2CCC[C@@H](NCC3CC3)C2)nc(Nc2ccc(N)cc2C(F)(F)F)n1. The Balaban J connectivity index is 1.57. The number of nitrogens with zero attached hydrogens (tertiary/aromatic N) is 3. The summed E-state index contributed by atoms with van der Waals surface area (Å²) in [6, 6.07) is 6.06. The van der Waals surface area contributed by atoms with Gasteiger partial charge in [-0.1, -0.05) is 13.3 Å². The van der Waals surface area contributed by atoms with Crippen molar-refractivity contribution in [2.24, 2.45) is 5.92 Å². The lowest BCUT2D eigenvalue weighted by molar-refractivity contribution is -0.136. The zero-order valence-corrected chi connectivity index (χ0v) is 18.4. The van der Waals surface area contributed by atoms with E-state index in [2.05, 4.69) is 32.4 Å². The summed E-state index contributed by atoms with van der Waals surface area (Å²) in [5.41, 5.74) is 5.53. The monoisotopic (exact) mass is 448 g/mol. The van der Waals surface area contributed by atoms with E-state index in [1.54, 1.807) is 0 Å². The molecule has 1 aliphatic heterocycles. The number of halogens is 3. The van der Waals surface area contributed by atoms with Crippen LogP contribution < -0.4 is 21.3 Å². The van der Waals surface area contributed by atoms with Crippen LogP contribution in [0, 0.1) is 5.92 Å². The highest BCUT2D eigenvalue weighted by atomic mass is 19.4. The molecule has 1 atom stereocenters. The van der Waals surface area contributed by atoms with Crippen LogP contribution in [-0.4, -0.2) is 35.6 Å². The van der Waals surface area contributed by atoms with E-state index in [-0.39, 0.29) is 17.3 Å². The first-order chi connectivity index (χ1) is 15.3. The predicted molar refractivity (Wildman–Crippen MR) is 121 cm³/mol. The van der Waals surface area contributed by atoms with E-state index < -0.39 is 11.7 Å². The minimum atomic E-state index is -4.53. The second-order valence-electron chi connectivity index (χ2n) is 8.86. The molecule has 4 N–H and O–H groups in total. The summed E-state index contributed by atoms with van der Waals surface area (Å²) in [7, 11) is 0. The number of hydrogen-bond donors (Lipinski definition) is 3. The number of benzene rings is 1. The van der Waals surface area contributed by atoms with Gasteiger partial charge in [0.05, 0.1) is 11.3 Å². The van der Waals surface area contributed by atoms with Gasteiger partial charge in [-0.05, 0) is 62.8 Å². The Hall–Kier alpha value is -2.55. The van der Waals surface area contributed by atoms with Crippen molar-refractivity contribution in [2.75, 3.05) is 35.6 Å². The quantitative estimate of drug-likeness (QED) is 0.506. The number of aromatic nitrogens is 2. The Morgan fingerprint density at radius 3 is 2.69 bits per heavy atom. The van der Waals surface area contributed by atoms with Gasteiger partial charge in [-0.15, -0.1) is 0 Å². The molecule has 1 aliphatic carbocycles. The summed E-state index contributed by atoms with van der Waals surface area (Å²) in [6.07, 6.45) is 1.89. The van der Waals surface area contributed by atoms with Crippen molar-refractivity contribution in [1.29, 1.82) is 0 Å². The van der Waals surface area contributed by atoms with Crippen LogP contribution >= 0.6 is 0 Å². The van der Waals surface area contributed by atoms with Gasteiger partial charge < -0.3 is 21.3 Å². The summed E-state index contributed by atoms with van der Waals surface area (Å²) in [4.78, 5) is 11.3. The molecule has 1 aromatic heterocycles. The van der Waals surface area contributed by atoms with E-state index in [0.717, 1.165) is 68.8 Å². The lowest BCUT2D eigenvalue weighted by Gasteiger charge is -2.34. The third-order valence-electron chi connectivity index (χ3n) is 6.00. The lowest BCUT2D eigenvalue weighted by Crippen LogP contribution is -2.46. The Kier molecular flexibility index (Phi) is 6.74. The molecule has 2 aliphatic rings. The van der Waals surface area contributed by atoms with Crippen LogP contribution in [0.15, 0.2) is 24.3 Å². The normalized spacial score (nSPS) is 19.2.